The average molecular weight is 273 g/mol. The van der Waals surface area contributed by atoms with Crippen LogP contribution in [-0.2, 0) is 4.79 Å². The number of amides is 1. The summed E-state index contributed by atoms with van der Waals surface area (Å²) in [6.45, 7) is 2.05. The van der Waals surface area contributed by atoms with E-state index in [1.54, 1.807) is 18.2 Å². The van der Waals surface area contributed by atoms with Crippen molar-refractivity contribution < 1.29 is 14.7 Å². The Balaban J connectivity index is 2.26. The highest BCUT2D eigenvalue weighted by Crippen LogP contribution is 2.17. The number of anilines is 1. The fraction of sp³-hybridized carbons (Fsp3) is 0.214. The molecule has 0 aliphatic carbocycles. The number of H-pyrrole nitrogens is 1. The fourth-order valence-corrected chi connectivity index (χ4v) is 1.80. The first-order valence-electron chi connectivity index (χ1n) is 6.17. The van der Waals surface area contributed by atoms with E-state index in [4.69, 9.17) is 5.11 Å². The first-order chi connectivity index (χ1) is 9.58. The molecule has 0 spiro atoms. The van der Waals surface area contributed by atoms with E-state index in [0.29, 0.717) is 11.4 Å². The lowest BCUT2D eigenvalue weighted by Crippen LogP contribution is -2.33. The molecule has 104 valence electrons. The number of aromatic amines is 1. The Bertz CT molecular complexity index is 591. The monoisotopic (exact) mass is 273 g/mol. The SMILES string of the molecule is Cc1ccc(N(CCC(=O)O)C(=O)c2ccn[nH]2)cc1. The van der Waals surface area contributed by atoms with E-state index >= 15 is 0 Å². The minimum atomic E-state index is -0.945. The van der Waals surface area contributed by atoms with Gasteiger partial charge in [0.15, 0.2) is 0 Å². The summed E-state index contributed by atoms with van der Waals surface area (Å²) >= 11 is 0. The number of aryl methyl sites for hydroxylation is 1. The van der Waals surface area contributed by atoms with Gasteiger partial charge in [-0.3, -0.25) is 14.7 Å². The van der Waals surface area contributed by atoms with Gasteiger partial charge in [0.1, 0.15) is 5.69 Å². The van der Waals surface area contributed by atoms with Crippen LogP contribution in [0.2, 0.25) is 0 Å². The third-order valence-corrected chi connectivity index (χ3v) is 2.87. The Labute approximate surface area is 116 Å². The number of hydrogen-bond acceptors (Lipinski definition) is 3. The lowest BCUT2D eigenvalue weighted by molar-refractivity contribution is -0.136. The van der Waals surface area contributed by atoms with Gasteiger partial charge in [-0.2, -0.15) is 5.10 Å². The van der Waals surface area contributed by atoms with Gasteiger partial charge >= 0.3 is 5.97 Å². The van der Waals surface area contributed by atoms with Crippen LogP contribution < -0.4 is 4.90 Å². The van der Waals surface area contributed by atoms with Crippen molar-refractivity contribution in [1.82, 2.24) is 10.2 Å². The van der Waals surface area contributed by atoms with Crippen molar-refractivity contribution in [1.29, 1.82) is 0 Å². The van der Waals surface area contributed by atoms with Crippen LogP contribution in [0.4, 0.5) is 5.69 Å². The van der Waals surface area contributed by atoms with Crippen molar-refractivity contribution in [3.05, 3.63) is 47.8 Å². The molecule has 2 rings (SSSR count). The maximum Gasteiger partial charge on any atom is 0.305 e. The molecule has 1 heterocycles. The number of carboxylic acid groups (broad SMARTS) is 1. The van der Waals surface area contributed by atoms with E-state index in [-0.39, 0.29) is 18.9 Å². The van der Waals surface area contributed by atoms with Crippen molar-refractivity contribution in [2.75, 3.05) is 11.4 Å². The maximum absolute atomic E-state index is 12.4. The van der Waals surface area contributed by atoms with Crippen molar-refractivity contribution in [3.8, 4) is 0 Å². The van der Waals surface area contributed by atoms with Crippen LogP contribution in [0, 0.1) is 6.92 Å². The molecule has 0 radical (unpaired) electrons. The van der Waals surface area contributed by atoms with E-state index in [1.807, 2.05) is 19.1 Å². The quantitative estimate of drug-likeness (QED) is 0.870. The molecule has 20 heavy (non-hydrogen) atoms. The number of benzene rings is 1. The highest BCUT2D eigenvalue weighted by Gasteiger charge is 2.19. The lowest BCUT2D eigenvalue weighted by atomic mass is 10.2. The molecule has 0 fully saturated rings. The number of carbonyl (C=O) groups is 2. The highest BCUT2D eigenvalue weighted by molar-refractivity contribution is 6.04. The van der Waals surface area contributed by atoms with Gasteiger partial charge < -0.3 is 10.0 Å². The summed E-state index contributed by atoms with van der Waals surface area (Å²) in [6, 6.07) is 8.91. The number of aliphatic carboxylic acids is 1. The zero-order valence-corrected chi connectivity index (χ0v) is 11.0. The molecule has 1 aromatic heterocycles. The Morgan fingerprint density at radius 1 is 1.25 bits per heavy atom. The number of carboxylic acids is 1. The molecule has 1 amide bonds. The van der Waals surface area contributed by atoms with Crippen LogP contribution in [0.1, 0.15) is 22.5 Å². The second kappa shape index (κ2) is 6.01. The molecule has 0 atom stereocenters. The van der Waals surface area contributed by atoms with Gasteiger partial charge in [0.25, 0.3) is 5.91 Å². The minimum Gasteiger partial charge on any atom is -0.481 e. The fourth-order valence-electron chi connectivity index (χ4n) is 1.80. The number of aromatic nitrogens is 2. The second-order valence-corrected chi connectivity index (χ2v) is 4.41. The summed E-state index contributed by atoms with van der Waals surface area (Å²) in [6.07, 6.45) is 1.37. The summed E-state index contributed by atoms with van der Waals surface area (Å²) in [7, 11) is 0. The second-order valence-electron chi connectivity index (χ2n) is 4.41. The van der Waals surface area contributed by atoms with Gasteiger partial charge in [-0.25, -0.2) is 0 Å². The van der Waals surface area contributed by atoms with Crippen LogP contribution in [-0.4, -0.2) is 33.7 Å². The average Bonchev–Trinajstić information content (AvgIpc) is 2.94. The summed E-state index contributed by atoms with van der Waals surface area (Å²) < 4.78 is 0. The molecule has 0 aliphatic heterocycles. The van der Waals surface area contributed by atoms with Crippen molar-refractivity contribution in [2.45, 2.75) is 13.3 Å². The molecule has 6 heteroatoms. The highest BCUT2D eigenvalue weighted by atomic mass is 16.4. The first kappa shape index (κ1) is 13.8. The molecule has 2 N–H and O–H groups in total. The first-order valence-corrected chi connectivity index (χ1v) is 6.17. The van der Waals surface area contributed by atoms with E-state index in [1.165, 1.54) is 11.1 Å². The number of nitrogens with one attached hydrogen (secondary N) is 1. The van der Waals surface area contributed by atoms with Crippen LogP contribution in [0.3, 0.4) is 0 Å². The number of carbonyl (C=O) groups excluding carboxylic acids is 1. The molecule has 0 saturated carbocycles. The summed E-state index contributed by atoms with van der Waals surface area (Å²) in [5.74, 6) is -1.24. The van der Waals surface area contributed by atoms with Crippen molar-refractivity contribution in [3.63, 3.8) is 0 Å². The molecular formula is C14H15N3O3. The summed E-state index contributed by atoms with van der Waals surface area (Å²) in [5.41, 5.74) is 2.06. The van der Waals surface area contributed by atoms with E-state index in [9.17, 15) is 9.59 Å². The Morgan fingerprint density at radius 3 is 2.50 bits per heavy atom. The number of rotatable bonds is 5. The van der Waals surface area contributed by atoms with Gasteiger partial charge in [0.05, 0.1) is 6.42 Å². The Kier molecular flexibility index (Phi) is 4.14. The van der Waals surface area contributed by atoms with Crippen molar-refractivity contribution >= 4 is 17.6 Å². The Hall–Kier alpha value is -2.63. The maximum atomic E-state index is 12.4. The zero-order valence-electron chi connectivity index (χ0n) is 11.0. The van der Waals surface area contributed by atoms with Crippen molar-refractivity contribution in [2.24, 2.45) is 0 Å². The molecule has 0 unspecified atom stereocenters. The smallest absolute Gasteiger partial charge is 0.305 e. The number of hydrogen-bond donors (Lipinski definition) is 2. The predicted octanol–water partition coefficient (Wildman–Crippen LogP) is 1.84. The third kappa shape index (κ3) is 3.23. The van der Waals surface area contributed by atoms with Gasteiger partial charge in [-0.15, -0.1) is 0 Å². The van der Waals surface area contributed by atoms with Gasteiger partial charge in [0, 0.05) is 18.4 Å². The molecular weight excluding hydrogens is 258 g/mol. The van der Waals surface area contributed by atoms with Crippen LogP contribution >= 0.6 is 0 Å². The predicted molar refractivity (Wildman–Crippen MR) is 73.7 cm³/mol. The molecule has 6 nitrogen and oxygen atoms in total. The lowest BCUT2D eigenvalue weighted by Gasteiger charge is -2.21. The molecule has 0 aliphatic rings. The topological polar surface area (TPSA) is 86.3 Å². The molecule has 0 bridgehead atoms. The van der Waals surface area contributed by atoms with E-state index in [0.717, 1.165) is 5.56 Å². The van der Waals surface area contributed by atoms with E-state index in [2.05, 4.69) is 10.2 Å². The van der Waals surface area contributed by atoms with Gasteiger partial charge in [0.2, 0.25) is 0 Å². The van der Waals surface area contributed by atoms with E-state index < -0.39 is 5.97 Å². The summed E-state index contributed by atoms with van der Waals surface area (Å²) in [4.78, 5) is 24.5. The standard InChI is InChI=1S/C14H15N3O3/c1-10-2-4-11(5-3-10)17(9-7-13(18)19)14(20)12-6-8-15-16-12/h2-6,8H,7,9H2,1H3,(H,15,16)(H,18,19). The van der Waals surface area contributed by atoms with Crippen LogP contribution in [0.15, 0.2) is 36.5 Å². The minimum absolute atomic E-state index is 0.107. The molecule has 1 aromatic carbocycles. The number of nitrogens with zero attached hydrogens (tertiary/aromatic N) is 2. The third-order valence-electron chi connectivity index (χ3n) is 2.87. The summed E-state index contributed by atoms with van der Waals surface area (Å²) in [5, 5.41) is 15.1. The largest absolute Gasteiger partial charge is 0.481 e. The zero-order chi connectivity index (χ0) is 14.5. The van der Waals surface area contributed by atoms with Crippen LogP contribution in [0.5, 0.6) is 0 Å². The molecule has 0 saturated heterocycles. The Morgan fingerprint density at radius 2 is 1.95 bits per heavy atom. The normalized spacial score (nSPS) is 10.2. The van der Waals surface area contributed by atoms with Crippen LogP contribution in [0.25, 0.3) is 0 Å². The molecule has 2 aromatic rings. The van der Waals surface area contributed by atoms with Gasteiger partial charge in [-0.05, 0) is 25.1 Å². The van der Waals surface area contributed by atoms with Gasteiger partial charge in [-0.1, -0.05) is 17.7 Å².